The maximum Gasteiger partial charge on any atom is 0.432 e. The minimum atomic E-state index is -5.44. The van der Waals surface area contributed by atoms with Gasteiger partial charge in [0.15, 0.2) is 23.3 Å². The third kappa shape index (κ3) is 8.23. The zero-order chi connectivity index (χ0) is 39.2. The number of carbonyl (C=O) groups excluding carboxylic acids is 2. The Morgan fingerprint density at radius 2 is 1.00 bits per heavy atom. The molecule has 4 aromatic carbocycles. The molecule has 4 atom stereocenters. The highest BCUT2D eigenvalue weighted by atomic mass is 19.4. The molecule has 282 valence electrons. The fourth-order valence-electron chi connectivity index (χ4n) is 5.38. The van der Waals surface area contributed by atoms with E-state index < -0.39 is 94.1 Å². The van der Waals surface area contributed by atoms with Gasteiger partial charge in [0.25, 0.3) is 11.2 Å². The van der Waals surface area contributed by atoms with E-state index in [4.69, 9.17) is 18.9 Å². The number of benzene rings is 4. The Bertz CT molecular complexity index is 1920. The zero-order valence-electron chi connectivity index (χ0n) is 27.5. The first-order valence-corrected chi connectivity index (χ1v) is 15.3. The van der Waals surface area contributed by atoms with Crippen LogP contribution in [-0.2, 0) is 39.7 Å². The number of alkyl halides is 6. The van der Waals surface area contributed by atoms with Crippen LogP contribution in [0.2, 0.25) is 0 Å². The first kappa shape index (κ1) is 40.5. The molecule has 16 heteroatoms. The minimum absolute atomic E-state index is 0.386. The summed E-state index contributed by atoms with van der Waals surface area (Å²) < 4.78 is 164. The van der Waals surface area contributed by atoms with E-state index in [0.717, 1.165) is 48.6 Å². The van der Waals surface area contributed by atoms with Crippen LogP contribution in [0, 0.1) is 23.3 Å². The van der Waals surface area contributed by atoms with Crippen molar-refractivity contribution in [2.24, 2.45) is 0 Å². The molecule has 0 spiro atoms. The van der Waals surface area contributed by atoms with Crippen LogP contribution in [0.5, 0.6) is 0 Å². The molecule has 0 fully saturated rings. The first-order valence-electron chi connectivity index (χ1n) is 15.3. The largest absolute Gasteiger partial charge is 0.454 e. The van der Waals surface area contributed by atoms with Gasteiger partial charge in [0.05, 0.1) is 0 Å². The third-order valence-electron chi connectivity index (χ3n) is 8.08. The lowest BCUT2D eigenvalue weighted by atomic mass is 9.92. The fourth-order valence-corrected chi connectivity index (χ4v) is 5.38. The van der Waals surface area contributed by atoms with Crippen LogP contribution in [0.1, 0.15) is 40.9 Å². The lowest BCUT2D eigenvalue weighted by molar-refractivity contribution is -0.278. The quantitative estimate of drug-likeness (QED) is 0.0770. The average Bonchev–Trinajstić information content (AvgIpc) is 3.10. The Kier molecular flexibility index (Phi) is 12.4. The molecular weight excluding hydrogens is 730 g/mol. The summed E-state index contributed by atoms with van der Waals surface area (Å²) in [7, 11) is 1.17. The smallest absolute Gasteiger partial charge is 0.432 e. The number of hydrogen-bond donors (Lipinski definition) is 0. The monoisotopic (exact) mass is 758 g/mol. The van der Waals surface area contributed by atoms with Crippen LogP contribution in [0.4, 0.5) is 43.9 Å². The Morgan fingerprint density at radius 3 is 1.42 bits per heavy atom. The van der Waals surface area contributed by atoms with Crippen molar-refractivity contribution in [2.45, 2.75) is 42.2 Å². The van der Waals surface area contributed by atoms with Gasteiger partial charge in [-0.2, -0.15) is 26.3 Å². The maximum absolute atomic E-state index is 14.6. The van der Waals surface area contributed by atoms with E-state index >= 15 is 0 Å². The Hall–Kier alpha value is -5.22. The fraction of sp³-hybridized carbons (Fsp3) is 0.243. The normalized spacial score (nSPS) is 15.6. The van der Waals surface area contributed by atoms with Gasteiger partial charge >= 0.3 is 24.3 Å². The molecule has 0 aliphatic heterocycles. The number of carbonyl (C=O) groups is 2. The molecule has 53 heavy (non-hydrogen) atoms. The van der Waals surface area contributed by atoms with Crippen molar-refractivity contribution >= 4 is 11.9 Å². The second kappa shape index (κ2) is 16.2. The Labute approximate surface area is 295 Å². The topological polar surface area (TPSA) is 71.1 Å². The average molecular weight is 759 g/mol. The van der Waals surface area contributed by atoms with Crippen molar-refractivity contribution in [3.05, 3.63) is 155 Å². The molecule has 0 radical (unpaired) electrons. The predicted octanol–water partition coefficient (Wildman–Crippen LogP) is 9.27. The third-order valence-corrected chi connectivity index (χ3v) is 8.08. The molecule has 6 nitrogen and oxygen atoms in total. The van der Waals surface area contributed by atoms with Crippen molar-refractivity contribution in [3.63, 3.8) is 0 Å². The lowest BCUT2D eigenvalue weighted by Crippen LogP contribution is -2.52. The van der Waals surface area contributed by atoms with Gasteiger partial charge in [0.2, 0.25) is 0 Å². The van der Waals surface area contributed by atoms with Crippen molar-refractivity contribution in [1.82, 2.24) is 0 Å². The number of hydrogen-bond acceptors (Lipinski definition) is 6. The van der Waals surface area contributed by atoms with E-state index in [1.165, 1.54) is 36.4 Å². The summed E-state index contributed by atoms with van der Waals surface area (Å²) in [5.74, 6) is -9.81. The van der Waals surface area contributed by atoms with Crippen molar-refractivity contribution in [1.29, 1.82) is 0 Å². The first-order chi connectivity index (χ1) is 24.9. The number of halogens is 10. The van der Waals surface area contributed by atoms with Crippen LogP contribution < -0.4 is 0 Å². The molecule has 0 heterocycles. The summed E-state index contributed by atoms with van der Waals surface area (Å²) in [6, 6.07) is 15.1. The molecule has 0 bridgehead atoms. The highest BCUT2D eigenvalue weighted by molar-refractivity contribution is 5.83. The summed E-state index contributed by atoms with van der Waals surface area (Å²) in [6.07, 6.45) is -13.7. The van der Waals surface area contributed by atoms with Gasteiger partial charge in [-0.15, -0.1) is 0 Å². The van der Waals surface area contributed by atoms with Gasteiger partial charge in [-0.3, -0.25) is 0 Å². The Balaban J connectivity index is 1.78. The van der Waals surface area contributed by atoms with Gasteiger partial charge < -0.3 is 18.9 Å². The molecule has 0 aliphatic carbocycles. The summed E-state index contributed by atoms with van der Waals surface area (Å²) >= 11 is 0. The SMILES string of the molecule is CO[C@@](C(=O)O[C@@H](C/C=C\[C@@H](OC(=O)[C@](OC)(c1ccccc1)C(F)(F)F)c1ccc(F)c(F)c1)c1ccc(F)c(F)c1)(c1ccccc1)C(F)(F)F. The standard InChI is InChI=1S/C37H28F10O6/c1-50-34(36(42,43)44,24-10-5-3-6-11-24)32(48)52-30(22-16-18-26(38)28(40)20-22)14-9-15-31(23-17-19-27(39)29(41)21-23)53-33(49)35(51-2,37(45,46)47)25-12-7-4-8-13-25/h3-14,16-21,30-31H,15H2,1-2H3/b14-9-/t30-,31+,34-,35-/m1/s1. The van der Waals surface area contributed by atoms with Crippen LogP contribution in [0.15, 0.2) is 109 Å². The molecule has 0 aliphatic rings. The van der Waals surface area contributed by atoms with Gasteiger partial charge in [-0.05, 0) is 41.5 Å². The van der Waals surface area contributed by atoms with Crippen LogP contribution in [-0.4, -0.2) is 38.5 Å². The second-order valence-corrected chi connectivity index (χ2v) is 11.2. The molecular formula is C37H28F10O6. The molecule has 4 rings (SSSR count). The zero-order valence-corrected chi connectivity index (χ0v) is 27.5. The minimum Gasteiger partial charge on any atom is -0.454 e. The van der Waals surface area contributed by atoms with E-state index in [-0.39, 0.29) is 5.56 Å². The van der Waals surface area contributed by atoms with Gasteiger partial charge in [0.1, 0.15) is 12.2 Å². The lowest BCUT2D eigenvalue weighted by Gasteiger charge is -2.34. The summed E-state index contributed by atoms with van der Waals surface area (Å²) in [5.41, 5.74) is -9.67. The Morgan fingerprint density at radius 1 is 0.585 bits per heavy atom. The van der Waals surface area contributed by atoms with Crippen LogP contribution in [0.25, 0.3) is 0 Å². The molecule has 4 aromatic rings. The molecule has 0 saturated carbocycles. The molecule has 0 amide bonds. The van der Waals surface area contributed by atoms with Gasteiger partial charge in [-0.25, -0.2) is 27.2 Å². The van der Waals surface area contributed by atoms with Gasteiger partial charge in [-0.1, -0.05) is 78.9 Å². The van der Waals surface area contributed by atoms with Crippen LogP contribution >= 0.6 is 0 Å². The van der Waals surface area contributed by atoms with Crippen molar-refractivity contribution < 1.29 is 72.4 Å². The van der Waals surface area contributed by atoms with E-state index in [9.17, 15) is 53.5 Å². The summed E-state index contributed by atoms with van der Waals surface area (Å²) in [4.78, 5) is 26.9. The molecule has 0 unspecified atom stereocenters. The number of ether oxygens (including phenoxy) is 4. The predicted molar refractivity (Wildman–Crippen MR) is 167 cm³/mol. The van der Waals surface area contributed by atoms with Crippen molar-refractivity contribution in [2.75, 3.05) is 14.2 Å². The number of methoxy groups -OCH3 is 2. The molecule has 0 saturated heterocycles. The van der Waals surface area contributed by atoms with Gasteiger partial charge in [0, 0.05) is 31.8 Å². The maximum atomic E-state index is 14.6. The van der Waals surface area contributed by atoms with Crippen molar-refractivity contribution in [3.8, 4) is 0 Å². The van der Waals surface area contributed by atoms with E-state index in [1.54, 1.807) is 0 Å². The van der Waals surface area contributed by atoms with Crippen LogP contribution in [0.3, 0.4) is 0 Å². The summed E-state index contributed by atoms with van der Waals surface area (Å²) in [5, 5.41) is 0. The second-order valence-electron chi connectivity index (χ2n) is 11.2. The summed E-state index contributed by atoms with van der Waals surface area (Å²) in [6.45, 7) is 0. The van der Waals surface area contributed by atoms with E-state index in [0.29, 0.717) is 38.5 Å². The molecule has 0 N–H and O–H groups in total. The highest BCUT2D eigenvalue weighted by Crippen LogP contribution is 2.46. The highest BCUT2D eigenvalue weighted by Gasteiger charge is 2.65. The number of esters is 2. The number of rotatable bonds is 13. The van der Waals surface area contributed by atoms with E-state index in [1.807, 2.05) is 0 Å². The molecule has 0 aromatic heterocycles. The van der Waals surface area contributed by atoms with E-state index in [2.05, 4.69) is 0 Å².